The van der Waals surface area contributed by atoms with E-state index < -0.39 is 6.09 Å². The lowest BCUT2D eigenvalue weighted by atomic mass is 10.0. The van der Waals surface area contributed by atoms with E-state index >= 15 is 0 Å². The smallest absolute Gasteiger partial charge is 0.404 e. The largest absolute Gasteiger partial charge is 0.465 e. The molecule has 0 aliphatic carbocycles. The first-order valence-corrected chi connectivity index (χ1v) is 11.9. The molecular weight excluding hydrogens is 454 g/mol. The number of hydrogen-bond acceptors (Lipinski definition) is 5. The van der Waals surface area contributed by atoms with Gasteiger partial charge in [-0.2, -0.15) is 0 Å². The van der Waals surface area contributed by atoms with E-state index in [0.717, 1.165) is 33.4 Å². The lowest BCUT2D eigenvalue weighted by Gasteiger charge is -2.40. The van der Waals surface area contributed by atoms with Gasteiger partial charge in [-0.3, -0.25) is 4.79 Å². The summed E-state index contributed by atoms with van der Waals surface area (Å²) >= 11 is 0. The Kier molecular flexibility index (Phi) is 6.49. The summed E-state index contributed by atoms with van der Waals surface area (Å²) < 4.78 is 0. The van der Waals surface area contributed by atoms with Gasteiger partial charge in [0.1, 0.15) is 5.69 Å². The maximum atomic E-state index is 12.9. The third-order valence-corrected chi connectivity index (χ3v) is 6.55. The highest BCUT2D eigenvalue weighted by molar-refractivity contribution is 6.00. The van der Waals surface area contributed by atoms with Crippen molar-refractivity contribution >= 4 is 28.6 Å². The number of piperazine rings is 1. The number of amides is 2. The molecule has 0 bridgehead atoms. The third kappa shape index (κ3) is 4.70. The molecule has 1 aliphatic rings. The van der Waals surface area contributed by atoms with Crippen molar-refractivity contribution in [1.29, 1.82) is 0 Å². The van der Waals surface area contributed by atoms with Crippen LogP contribution < -0.4 is 10.2 Å². The van der Waals surface area contributed by atoms with E-state index in [2.05, 4.69) is 33.4 Å². The topological polar surface area (TPSA) is 98.7 Å². The average molecular weight is 482 g/mol. The van der Waals surface area contributed by atoms with Crippen molar-refractivity contribution in [2.24, 2.45) is 0 Å². The summed E-state index contributed by atoms with van der Waals surface area (Å²) in [7, 11) is 0. The maximum absolute atomic E-state index is 12.9. The number of carbonyl (C=O) groups is 2. The van der Waals surface area contributed by atoms with Crippen LogP contribution in [-0.2, 0) is 6.54 Å². The molecule has 1 aromatic heterocycles. The number of carbonyl (C=O) groups excluding carboxylic acids is 1. The number of anilines is 1. The number of rotatable bonds is 5. The van der Waals surface area contributed by atoms with Crippen LogP contribution in [0.4, 0.5) is 10.6 Å². The molecule has 8 nitrogen and oxygen atoms in total. The van der Waals surface area contributed by atoms with Gasteiger partial charge in [-0.25, -0.2) is 4.79 Å². The number of nitrogens with one attached hydrogen (secondary N) is 1. The summed E-state index contributed by atoms with van der Waals surface area (Å²) in [5.74, 6) is 0.867. The molecule has 0 radical (unpaired) electrons. The van der Waals surface area contributed by atoms with E-state index in [-0.39, 0.29) is 18.5 Å². The summed E-state index contributed by atoms with van der Waals surface area (Å²) in [5, 5.41) is 22.5. The molecule has 5 rings (SSSR count). The van der Waals surface area contributed by atoms with Crippen molar-refractivity contribution in [3.63, 3.8) is 0 Å². The van der Waals surface area contributed by atoms with Gasteiger partial charge in [0.2, 0.25) is 0 Å². The average Bonchev–Trinajstić information content (AvgIpc) is 2.92. The Balaban J connectivity index is 1.39. The molecule has 1 saturated heterocycles. The highest BCUT2D eigenvalue weighted by Gasteiger charge is 2.29. The third-order valence-electron chi connectivity index (χ3n) is 6.55. The number of benzene rings is 3. The Morgan fingerprint density at radius 1 is 0.917 bits per heavy atom. The van der Waals surface area contributed by atoms with Gasteiger partial charge in [-0.1, -0.05) is 66.7 Å². The molecular formula is C28H27N5O3. The standard InChI is InChI=1S/C28H27N5O3/c1-19-18-32(27(34)22-7-3-2-4-8-22)15-16-33(19)26-24-10-6-5-9-23(24)25(30-31-26)21-13-11-20(12-14-21)17-29-28(35)36/h2-14,19,29H,15-18H2,1H3,(H,35,36). The van der Waals surface area contributed by atoms with Crippen LogP contribution in [0.2, 0.25) is 0 Å². The summed E-state index contributed by atoms with van der Waals surface area (Å²) in [5.41, 5.74) is 3.26. The second-order valence-corrected chi connectivity index (χ2v) is 8.93. The van der Waals surface area contributed by atoms with Crippen molar-refractivity contribution < 1.29 is 14.7 Å². The zero-order chi connectivity index (χ0) is 25.1. The monoisotopic (exact) mass is 481 g/mol. The molecule has 2 heterocycles. The Hall–Kier alpha value is -4.46. The first kappa shape index (κ1) is 23.3. The van der Waals surface area contributed by atoms with Gasteiger partial charge in [0.25, 0.3) is 5.91 Å². The molecule has 2 N–H and O–H groups in total. The molecule has 3 aromatic carbocycles. The second kappa shape index (κ2) is 10.0. The van der Waals surface area contributed by atoms with Crippen LogP contribution in [0, 0.1) is 0 Å². The van der Waals surface area contributed by atoms with Crippen molar-refractivity contribution in [3.8, 4) is 11.3 Å². The number of fused-ring (bicyclic) bond motifs is 1. The van der Waals surface area contributed by atoms with Crippen LogP contribution in [0.3, 0.4) is 0 Å². The summed E-state index contributed by atoms with van der Waals surface area (Å²) in [6, 6.07) is 25.2. The van der Waals surface area contributed by atoms with E-state index in [9.17, 15) is 9.59 Å². The van der Waals surface area contributed by atoms with E-state index in [1.165, 1.54) is 0 Å². The van der Waals surface area contributed by atoms with E-state index in [4.69, 9.17) is 5.11 Å². The van der Waals surface area contributed by atoms with Crippen LogP contribution >= 0.6 is 0 Å². The van der Waals surface area contributed by atoms with Crippen molar-refractivity contribution in [2.75, 3.05) is 24.5 Å². The minimum absolute atomic E-state index is 0.0513. The van der Waals surface area contributed by atoms with Crippen molar-refractivity contribution in [1.82, 2.24) is 20.4 Å². The van der Waals surface area contributed by atoms with Crippen LogP contribution in [0.25, 0.3) is 22.0 Å². The Labute approximate surface area is 209 Å². The molecule has 182 valence electrons. The first-order valence-electron chi connectivity index (χ1n) is 11.9. The quantitative estimate of drug-likeness (QED) is 0.438. The van der Waals surface area contributed by atoms with E-state index in [0.29, 0.717) is 25.2 Å². The summed E-state index contributed by atoms with van der Waals surface area (Å²) in [6.45, 7) is 4.25. The van der Waals surface area contributed by atoms with E-state index in [1.54, 1.807) is 0 Å². The van der Waals surface area contributed by atoms with Crippen molar-refractivity contribution in [3.05, 3.63) is 90.0 Å². The predicted octanol–water partition coefficient (Wildman–Crippen LogP) is 4.42. The number of hydrogen-bond donors (Lipinski definition) is 2. The summed E-state index contributed by atoms with van der Waals surface area (Å²) in [6.07, 6.45) is -1.05. The van der Waals surface area contributed by atoms with Crippen LogP contribution in [-0.4, -0.2) is 57.9 Å². The minimum atomic E-state index is -1.05. The van der Waals surface area contributed by atoms with Gasteiger partial charge in [-0.05, 0) is 24.6 Å². The molecule has 1 fully saturated rings. The first-order chi connectivity index (χ1) is 17.5. The lowest BCUT2D eigenvalue weighted by Crippen LogP contribution is -2.54. The predicted molar refractivity (Wildman–Crippen MR) is 139 cm³/mol. The Morgan fingerprint density at radius 3 is 2.31 bits per heavy atom. The zero-order valence-corrected chi connectivity index (χ0v) is 20.0. The minimum Gasteiger partial charge on any atom is -0.465 e. The molecule has 0 saturated carbocycles. The van der Waals surface area contributed by atoms with Gasteiger partial charge in [0.05, 0.1) is 0 Å². The number of carboxylic acid groups (broad SMARTS) is 1. The lowest BCUT2D eigenvalue weighted by molar-refractivity contribution is 0.0726. The summed E-state index contributed by atoms with van der Waals surface area (Å²) in [4.78, 5) is 27.8. The van der Waals surface area contributed by atoms with Crippen LogP contribution in [0.15, 0.2) is 78.9 Å². The molecule has 1 unspecified atom stereocenters. The fraction of sp³-hybridized carbons (Fsp3) is 0.214. The van der Waals surface area contributed by atoms with Gasteiger partial charge < -0.3 is 20.2 Å². The highest BCUT2D eigenvalue weighted by Crippen LogP contribution is 2.33. The molecule has 2 amide bonds. The zero-order valence-electron chi connectivity index (χ0n) is 20.0. The fourth-order valence-electron chi connectivity index (χ4n) is 4.69. The van der Waals surface area contributed by atoms with Crippen molar-refractivity contribution in [2.45, 2.75) is 19.5 Å². The SMILES string of the molecule is CC1CN(C(=O)c2ccccc2)CCN1c1nnc(-c2ccc(CNC(=O)O)cc2)c2ccccc12. The van der Waals surface area contributed by atoms with Crippen LogP contribution in [0.1, 0.15) is 22.8 Å². The molecule has 0 spiro atoms. The van der Waals surface area contributed by atoms with Gasteiger partial charge in [0.15, 0.2) is 5.82 Å². The van der Waals surface area contributed by atoms with E-state index in [1.807, 2.05) is 77.7 Å². The fourth-order valence-corrected chi connectivity index (χ4v) is 4.69. The molecule has 1 aliphatic heterocycles. The molecule has 1 atom stereocenters. The normalized spacial score (nSPS) is 15.6. The molecule has 36 heavy (non-hydrogen) atoms. The molecule has 8 heteroatoms. The number of aromatic nitrogens is 2. The van der Waals surface area contributed by atoms with Gasteiger partial charge in [0, 0.05) is 54.1 Å². The van der Waals surface area contributed by atoms with Gasteiger partial charge in [-0.15, -0.1) is 10.2 Å². The highest BCUT2D eigenvalue weighted by atomic mass is 16.4. The Bertz CT molecular complexity index is 1390. The molecule has 4 aromatic rings. The second-order valence-electron chi connectivity index (χ2n) is 8.93. The van der Waals surface area contributed by atoms with Crippen LogP contribution in [0.5, 0.6) is 0 Å². The maximum Gasteiger partial charge on any atom is 0.404 e. The Morgan fingerprint density at radius 2 is 1.61 bits per heavy atom. The van der Waals surface area contributed by atoms with Gasteiger partial charge >= 0.3 is 6.09 Å². The number of nitrogens with zero attached hydrogens (tertiary/aromatic N) is 4.